The Hall–Kier alpha value is -0.810. The first-order chi connectivity index (χ1) is 8.63. The van der Waals surface area contributed by atoms with Gasteiger partial charge < -0.3 is 15.5 Å². The third-order valence-electron chi connectivity index (χ3n) is 3.35. The average molecular weight is 292 g/mol. The summed E-state index contributed by atoms with van der Waals surface area (Å²) in [6, 6.07) is 0.247. The van der Waals surface area contributed by atoms with Crippen LogP contribution in [0.2, 0.25) is 0 Å². The number of nitrogens with zero attached hydrogens (tertiary/aromatic N) is 1. The van der Waals surface area contributed by atoms with Crippen molar-refractivity contribution < 1.29 is 9.59 Å². The van der Waals surface area contributed by atoms with Crippen molar-refractivity contribution in [3.8, 4) is 0 Å². The van der Waals surface area contributed by atoms with Crippen LogP contribution in [0.4, 0.5) is 0 Å². The van der Waals surface area contributed by atoms with Crippen molar-refractivity contribution >= 4 is 24.2 Å². The fourth-order valence-electron chi connectivity index (χ4n) is 1.98. The second kappa shape index (κ2) is 10.0. The maximum Gasteiger partial charge on any atom is 0.239 e. The normalized spacial score (nSPS) is 18.0. The lowest BCUT2D eigenvalue weighted by atomic mass is 10.1. The van der Waals surface area contributed by atoms with Crippen LogP contribution in [-0.2, 0) is 9.59 Å². The fraction of sp³-hybridized carbons (Fsp3) is 0.846. The summed E-state index contributed by atoms with van der Waals surface area (Å²) in [5.41, 5.74) is 0. The maximum atomic E-state index is 11.8. The van der Waals surface area contributed by atoms with Gasteiger partial charge in [0.1, 0.15) is 0 Å². The molecule has 0 saturated carbocycles. The first kappa shape index (κ1) is 18.2. The summed E-state index contributed by atoms with van der Waals surface area (Å²) in [6.45, 7) is 3.52. The van der Waals surface area contributed by atoms with Gasteiger partial charge >= 0.3 is 0 Å². The van der Waals surface area contributed by atoms with Gasteiger partial charge in [0.05, 0.1) is 6.54 Å². The van der Waals surface area contributed by atoms with E-state index in [-0.39, 0.29) is 36.8 Å². The first-order valence-corrected chi connectivity index (χ1v) is 6.85. The largest absolute Gasteiger partial charge is 0.353 e. The van der Waals surface area contributed by atoms with Crippen molar-refractivity contribution in [3.63, 3.8) is 0 Å². The lowest BCUT2D eigenvalue weighted by Crippen LogP contribution is -2.44. The van der Waals surface area contributed by atoms with E-state index >= 15 is 0 Å². The molecule has 5 nitrogen and oxygen atoms in total. The van der Waals surface area contributed by atoms with Crippen LogP contribution in [0, 0.1) is 0 Å². The van der Waals surface area contributed by atoms with E-state index in [4.69, 9.17) is 0 Å². The number of nitrogens with one attached hydrogen (secondary N) is 2. The highest BCUT2D eigenvalue weighted by Crippen LogP contribution is 2.11. The molecule has 1 atom stereocenters. The van der Waals surface area contributed by atoms with E-state index in [1.54, 1.807) is 4.90 Å². The van der Waals surface area contributed by atoms with Gasteiger partial charge in [-0.1, -0.05) is 12.8 Å². The van der Waals surface area contributed by atoms with Gasteiger partial charge in [-0.3, -0.25) is 9.59 Å². The molecule has 0 aromatic heterocycles. The average Bonchev–Trinajstić information content (AvgIpc) is 2.35. The molecule has 1 heterocycles. The molecule has 0 aromatic rings. The number of carbonyl (C=O) groups is 2. The summed E-state index contributed by atoms with van der Waals surface area (Å²) in [5.74, 6) is 0.0533. The van der Waals surface area contributed by atoms with E-state index < -0.39 is 0 Å². The van der Waals surface area contributed by atoms with E-state index in [0.29, 0.717) is 19.5 Å². The Balaban J connectivity index is 0.00000324. The number of hydrogen-bond donors (Lipinski definition) is 2. The van der Waals surface area contributed by atoms with Gasteiger partial charge in [-0.2, -0.15) is 0 Å². The number of likely N-dealkylation sites (N-methyl/N-ethyl adjacent to an activating group) is 1. The maximum absolute atomic E-state index is 11.8. The molecular formula is C13H26ClN3O2. The molecule has 2 amide bonds. The van der Waals surface area contributed by atoms with Crippen LogP contribution >= 0.6 is 12.4 Å². The van der Waals surface area contributed by atoms with Crippen molar-refractivity contribution in [3.05, 3.63) is 0 Å². The predicted octanol–water partition coefficient (Wildman–Crippen LogP) is 0.925. The zero-order valence-electron chi connectivity index (χ0n) is 11.9. The highest BCUT2D eigenvalue weighted by Gasteiger charge is 2.18. The van der Waals surface area contributed by atoms with Crippen LogP contribution in [0.15, 0.2) is 0 Å². The number of amides is 2. The standard InChI is InChI=1S/C13H25N3O2.ClH/c1-11(14-2)9-15-12(17)10-16-8-6-4-3-5-7-13(16)18;/h11,14H,3-10H2,1-2H3,(H,15,17);1H. The number of likely N-dealkylation sites (tertiary alicyclic amines) is 1. The van der Waals surface area contributed by atoms with E-state index in [1.807, 2.05) is 14.0 Å². The predicted molar refractivity (Wildman–Crippen MR) is 78.4 cm³/mol. The Bertz CT molecular complexity index is 287. The van der Waals surface area contributed by atoms with Gasteiger partial charge in [0.2, 0.25) is 11.8 Å². The minimum absolute atomic E-state index is 0. The first-order valence-electron chi connectivity index (χ1n) is 6.85. The second-order valence-corrected chi connectivity index (χ2v) is 4.97. The molecule has 1 aliphatic heterocycles. The van der Waals surface area contributed by atoms with Crippen LogP contribution < -0.4 is 10.6 Å². The molecule has 1 rings (SSSR count). The number of halogens is 1. The van der Waals surface area contributed by atoms with Gasteiger partial charge in [-0.05, 0) is 26.8 Å². The highest BCUT2D eigenvalue weighted by atomic mass is 35.5. The molecule has 2 N–H and O–H groups in total. The van der Waals surface area contributed by atoms with Crippen molar-refractivity contribution in [1.29, 1.82) is 0 Å². The van der Waals surface area contributed by atoms with Crippen LogP contribution in [0.3, 0.4) is 0 Å². The molecule has 0 spiro atoms. The van der Waals surface area contributed by atoms with E-state index in [9.17, 15) is 9.59 Å². The zero-order chi connectivity index (χ0) is 13.4. The molecule has 1 fully saturated rings. The second-order valence-electron chi connectivity index (χ2n) is 4.97. The Kier molecular flexibility index (Phi) is 9.61. The Morgan fingerprint density at radius 1 is 1.32 bits per heavy atom. The molecule has 1 aliphatic rings. The molecule has 0 bridgehead atoms. The summed E-state index contributed by atoms with van der Waals surface area (Å²) >= 11 is 0. The molecule has 1 saturated heterocycles. The van der Waals surface area contributed by atoms with E-state index in [0.717, 1.165) is 25.7 Å². The molecule has 112 valence electrons. The molecule has 0 radical (unpaired) electrons. The minimum atomic E-state index is -0.0639. The smallest absolute Gasteiger partial charge is 0.239 e. The fourth-order valence-corrected chi connectivity index (χ4v) is 1.98. The SMILES string of the molecule is CNC(C)CNC(=O)CN1CCCCCCC1=O.Cl. The number of carbonyl (C=O) groups excluding carboxylic acids is 2. The van der Waals surface area contributed by atoms with Crippen LogP contribution in [0.5, 0.6) is 0 Å². The highest BCUT2D eigenvalue weighted by molar-refractivity contribution is 5.85. The van der Waals surface area contributed by atoms with Crippen molar-refractivity contribution in [2.75, 3.05) is 26.7 Å². The molecule has 0 aliphatic carbocycles. The van der Waals surface area contributed by atoms with Crippen molar-refractivity contribution in [1.82, 2.24) is 15.5 Å². The van der Waals surface area contributed by atoms with E-state index in [1.165, 1.54) is 0 Å². The Morgan fingerprint density at radius 2 is 2.00 bits per heavy atom. The summed E-state index contributed by atoms with van der Waals surface area (Å²) in [5, 5.41) is 5.90. The molecule has 6 heteroatoms. The topological polar surface area (TPSA) is 61.4 Å². The van der Waals surface area contributed by atoms with Gasteiger partial charge in [0.25, 0.3) is 0 Å². The molecule has 1 unspecified atom stereocenters. The van der Waals surface area contributed by atoms with Gasteiger partial charge in [0.15, 0.2) is 0 Å². The third-order valence-corrected chi connectivity index (χ3v) is 3.35. The summed E-state index contributed by atoms with van der Waals surface area (Å²) in [4.78, 5) is 25.3. The lowest BCUT2D eigenvalue weighted by Gasteiger charge is -2.24. The van der Waals surface area contributed by atoms with Crippen LogP contribution in [0.1, 0.15) is 39.0 Å². The molecular weight excluding hydrogens is 266 g/mol. The van der Waals surface area contributed by atoms with E-state index in [2.05, 4.69) is 10.6 Å². The number of hydrogen-bond acceptors (Lipinski definition) is 3. The zero-order valence-corrected chi connectivity index (χ0v) is 12.7. The Labute approximate surface area is 121 Å². The summed E-state index contributed by atoms with van der Waals surface area (Å²) < 4.78 is 0. The Morgan fingerprint density at radius 3 is 2.68 bits per heavy atom. The molecule has 19 heavy (non-hydrogen) atoms. The van der Waals surface area contributed by atoms with Crippen LogP contribution in [-0.4, -0.2) is 49.4 Å². The van der Waals surface area contributed by atoms with Gasteiger partial charge in [-0.15, -0.1) is 12.4 Å². The summed E-state index contributed by atoms with van der Waals surface area (Å²) in [6.07, 6.45) is 4.83. The van der Waals surface area contributed by atoms with Crippen molar-refractivity contribution in [2.45, 2.75) is 45.1 Å². The number of rotatable bonds is 5. The van der Waals surface area contributed by atoms with Gasteiger partial charge in [0, 0.05) is 25.6 Å². The summed E-state index contributed by atoms with van der Waals surface area (Å²) in [7, 11) is 1.86. The molecule has 0 aromatic carbocycles. The lowest BCUT2D eigenvalue weighted by molar-refractivity contribution is -0.136. The van der Waals surface area contributed by atoms with Gasteiger partial charge in [-0.25, -0.2) is 0 Å². The van der Waals surface area contributed by atoms with Crippen molar-refractivity contribution in [2.24, 2.45) is 0 Å². The van der Waals surface area contributed by atoms with Crippen LogP contribution in [0.25, 0.3) is 0 Å². The minimum Gasteiger partial charge on any atom is -0.353 e. The monoisotopic (exact) mass is 291 g/mol. The third kappa shape index (κ3) is 7.38. The quantitative estimate of drug-likeness (QED) is 0.792.